The van der Waals surface area contributed by atoms with Crippen LogP contribution >= 0.6 is 12.2 Å². The highest BCUT2D eigenvalue weighted by Crippen LogP contribution is 2.40. The molecule has 9 heteroatoms. The minimum absolute atomic E-state index is 0.0765. The maximum Gasteiger partial charge on any atom is 0.226 e. The molecule has 4 aromatic rings. The number of furan rings is 1. The Bertz CT molecular complexity index is 1380. The molecule has 1 aliphatic rings. The quantitative estimate of drug-likeness (QED) is 0.319. The highest BCUT2D eigenvalue weighted by atomic mass is 32.1. The van der Waals surface area contributed by atoms with Crippen molar-refractivity contribution >= 4 is 28.9 Å². The van der Waals surface area contributed by atoms with E-state index >= 15 is 0 Å². The van der Waals surface area contributed by atoms with Crippen LogP contribution in [-0.2, 0) is 4.79 Å². The van der Waals surface area contributed by atoms with E-state index in [-0.39, 0.29) is 42.5 Å². The SMILES string of the molecule is O=C(CCN1C(=S)N[C@H](c2ccccn2)[C@@H]1c1ccc(-c2ccc(F)cc2)o1)Nc1ccccc1F. The van der Waals surface area contributed by atoms with Crippen molar-refractivity contribution in [2.45, 2.75) is 18.5 Å². The number of anilines is 1. The van der Waals surface area contributed by atoms with Gasteiger partial charge in [-0.15, -0.1) is 0 Å². The number of amides is 1. The number of nitrogens with zero attached hydrogens (tertiary/aromatic N) is 2. The maximum atomic E-state index is 13.9. The molecule has 2 atom stereocenters. The molecule has 2 aromatic carbocycles. The predicted octanol–water partition coefficient (Wildman–Crippen LogP) is 5.62. The van der Waals surface area contributed by atoms with Gasteiger partial charge in [0.25, 0.3) is 0 Å². The van der Waals surface area contributed by atoms with E-state index in [1.54, 1.807) is 30.5 Å². The van der Waals surface area contributed by atoms with Crippen LogP contribution in [0.3, 0.4) is 0 Å². The van der Waals surface area contributed by atoms with E-state index in [1.165, 1.54) is 24.3 Å². The maximum absolute atomic E-state index is 13.9. The number of nitrogens with one attached hydrogen (secondary N) is 2. The van der Waals surface area contributed by atoms with Crippen molar-refractivity contribution in [3.05, 3.63) is 108 Å². The van der Waals surface area contributed by atoms with Gasteiger partial charge < -0.3 is 20.0 Å². The zero-order valence-corrected chi connectivity index (χ0v) is 19.8. The molecule has 0 saturated carbocycles. The molecule has 1 aliphatic heterocycles. The molecule has 6 nitrogen and oxygen atoms in total. The Morgan fingerprint density at radius 2 is 1.81 bits per heavy atom. The smallest absolute Gasteiger partial charge is 0.226 e. The van der Waals surface area contributed by atoms with Crippen molar-refractivity contribution in [2.24, 2.45) is 0 Å². The van der Waals surface area contributed by atoms with Crippen molar-refractivity contribution < 1.29 is 18.0 Å². The van der Waals surface area contributed by atoms with Gasteiger partial charge >= 0.3 is 0 Å². The summed E-state index contributed by atoms with van der Waals surface area (Å²) in [4.78, 5) is 19.0. The van der Waals surface area contributed by atoms with Gasteiger partial charge in [-0.25, -0.2) is 8.78 Å². The van der Waals surface area contributed by atoms with Gasteiger partial charge in [-0.1, -0.05) is 18.2 Å². The molecule has 0 spiro atoms. The van der Waals surface area contributed by atoms with Crippen molar-refractivity contribution in [2.75, 3.05) is 11.9 Å². The lowest BCUT2D eigenvalue weighted by molar-refractivity contribution is -0.116. The third-order valence-electron chi connectivity index (χ3n) is 5.97. The molecule has 2 N–H and O–H groups in total. The summed E-state index contributed by atoms with van der Waals surface area (Å²) in [6.45, 7) is 0.271. The van der Waals surface area contributed by atoms with E-state index in [4.69, 9.17) is 16.6 Å². The van der Waals surface area contributed by atoms with E-state index in [1.807, 2.05) is 35.2 Å². The third-order valence-corrected chi connectivity index (χ3v) is 6.32. The summed E-state index contributed by atoms with van der Waals surface area (Å²) in [5.74, 6) is 0.0354. The number of carbonyl (C=O) groups is 1. The summed E-state index contributed by atoms with van der Waals surface area (Å²) in [5, 5.41) is 6.36. The number of carbonyl (C=O) groups excluding carboxylic acids is 1. The van der Waals surface area contributed by atoms with E-state index < -0.39 is 5.82 Å². The molecule has 2 aromatic heterocycles. The third kappa shape index (κ3) is 4.96. The van der Waals surface area contributed by atoms with Crippen LogP contribution in [-0.4, -0.2) is 27.4 Å². The molecule has 1 fully saturated rings. The van der Waals surface area contributed by atoms with Gasteiger partial charge in [-0.3, -0.25) is 9.78 Å². The van der Waals surface area contributed by atoms with Crippen LogP contribution in [0.25, 0.3) is 11.3 Å². The average Bonchev–Trinajstić information content (AvgIpc) is 3.50. The van der Waals surface area contributed by atoms with Crippen molar-refractivity contribution in [3.8, 4) is 11.3 Å². The van der Waals surface area contributed by atoms with E-state index in [0.29, 0.717) is 16.6 Å². The summed E-state index contributed by atoms with van der Waals surface area (Å²) in [6, 6.07) is 20.6. The molecule has 5 rings (SSSR count). The van der Waals surface area contributed by atoms with Crippen molar-refractivity contribution in [3.63, 3.8) is 0 Å². The monoisotopic (exact) mass is 504 g/mol. The normalized spacial score (nSPS) is 17.2. The molecule has 3 heterocycles. The molecule has 1 amide bonds. The van der Waals surface area contributed by atoms with Crippen LogP contribution in [0.2, 0.25) is 0 Å². The van der Waals surface area contributed by atoms with Gasteiger partial charge in [0.05, 0.1) is 17.4 Å². The molecule has 182 valence electrons. The number of pyridine rings is 1. The standard InChI is InChI=1S/C27H22F2N4O2S/c28-18-10-8-17(9-11-18)22-12-13-23(35-22)26-25(21-7-3-4-15-30-21)32-27(36)33(26)16-14-24(34)31-20-6-2-1-5-19(20)29/h1-13,15,25-26H,14,16H2,(H,31,34)(H,32,36)/t25-,26+/m1/s1. The Labute approximate surface area is 212 Å². The van der Waals surface area contributed by atoms with Crippen molar-refractivity contribution in [1.82, 2.24) is 15.2 Å². The number of thiocarbonyl (C=S) groups is 1. The number of benzene rings is 2. The van der Waals surface area contributed by atoms with Crippen LogP contribution in [0.1, 0.15) is 30.0 Å². The first-order valence-corrected chi connectivity index (χ1v) is 11.8. The molecule has 36 heavy (non-hydrogen) atoms. The topological polar surface area (TPSA) is 70.4 Å². The Balaban J connectivity index is 1.40. The van der Waals surface area contributed by atoms with Crippen molar-refractivity contribution in [1.29, 1.82) is 0 Å². The van der Waals surface area contributed by atoms with Crippen LogP contribution < -0.4 is 10.6 Å². The Kier molecular flexibility index (Phi) is 6.73. The number of aromatic nitrogens is 1. The second kappa shape index (κ2) is 10.2. The lowest BCUT2D eigenvalue weighted by Gasteiger charge is -2.25. The number of hydrogen-bond acceptors (Lipinski definition) is 4. The Hall–Kier alpha value is -4.11. The minimum Gasteiger partial charge on any atom is -0.459 e. The van der Waals surface area contributed by atoms with E-state index in [9.17, 15) is 13.6 Å². The van der Waals surface area contributed by atoms with Gasteiger partial charge in [0.1, 0.15) is 29.2 Å². The number of halogens is 2. The zero-order valence-electron chi connectivity index (χ0n) is 19.0. The Morgan fingerprint density at radius 1 is 1.03 bits per heavy atom. The fraction of sp³-hybridized carbons (Fsp3) is 0.148. The lowest BCUT2D eigenvalue weighted by Crippen LogP contribution is -2.32. The first kappa shape index (κ1) is 23.6. The second-order valence-corrected chi connectivity index (χ2v) is 8.69. The number of para-hydroxylation sites is 1. The number of rotatable bonds is 7. The second-order valence-electron chi connectivity index (χ2n) is 8.31. The first-order chi connectivity index (χ1) is 17.5. The van der Waals surface area contributed by atoms with Crippen LogP contribution in [0, 0.1) is 11.6 Å². The summed E-state index contributed by atoms with van der Waals surface area (Å²) >= 11 is 5.62. The van der Waals surface area contributed by atoms with Crippen LogP contribution in [0.5, 0.6) is 0 Å². The average molecular weight is 505 g/mol. The summed E-state index contributed by atoms with van der Waals surface area (Å²) in [5.41, 5.74) is 1.63. The molecule has 0 aliphatic carbocycles. The molecule has 1 saturated heterocycles. The summed E-state index contributed by atoms with van der Waals surface area (Å²) in [7, 11) is 0. The fourth-order valence-corrected chi connectivity index (χ4v) is 4.57. The van der Waals surface area contributed by atoms with E-state index in [2.05, 4.69) is 15.6 Å². The summed E-state index contributed by atoms with van der Waals surface area (Å²) in [6.07, 6.45) is 1.78. The predicted molar refractivity (Wildman–Crippen MR) is 136 cm³/mol. The highest BCUT2D eigenvalue weighted by molar-refractivity contribution is 7.80. The Morgan fingerprint density at radius 3 is 2.56 bits per heavy atom. The lowest BCUT2D eigenvalue weighted by atomic mass is 10.0. The van der Waals surface area contributed by atoms with Gasteiger partial charge in [-0.2, -0.15) is 0 Å². The molecule has 0 bridgehead atoms. The molecule has 0 radical (unpaired) electrons. The number of hydrogen-bond donors (Lipinski definition) is 2. The zero-order chi connectivity index (χ0) is 25.1. The van der Waals surface area contributed by atoms with Gasteiger partial charge in [0.15, 0.2) is 5.11 Å². The van der Waals surface area contributed by atoms with Crippen LogP contribution in [0.4, 0.5) is 14.5 Å². The van der Waals surface area contributed by atoms with Gasteiger partial charge in [0, 0.05) is 24.7 Å². The molecular formula is C27H22F2N4O2S. The minimum atomic E-state index is -0.499. The summed E-state index contributed by atoms with van der Waals surface area (Å²) < 4.78 is 33.5. The first-order valence-electron chi connectivity index (χ1n) is 11.4. The fourth-order valence-electron chi connectivity index (χ4n) is 4.23. The van der Waals surface area contributed by atoms with Crippen LogP contribution in [0.15, 0.2) is 89.5 Å². The highest BCUT2D eigenvalue weighted by Gasteiger charge is 2.41. The van der Waals surface area contributed by atoms with Gasteiger partial charge in [0.2, 0.25) is 5.91 Å². The molecule has 0 unspecified atom stereocenters. The molecular weight excluding hydrogens is 482 g/mol. The largest absolute Gasteiger partial charge is 0.459 e. The van der Waals surface area contributed by atoms with E-state index in [0.717, 1.165) is 11.3 Å². The van der Waals surface area contributed by atoms with Gasteiger partial charge in [-0.05, 0) is 72.9 Å².